The molecule has 0 heterocycles. The van der Waals surface area contributed by atoms with Crippen LogP contribution in [0.15, 0.2) is 18.2 Å². The molecule has 1 N–H and O–H groups in total. The Morgan fingerprint density at radius 2 is 2.41 bits per heavy atom. The average Bonchev–Trinajstić information content (AvgIpc) is 2.30. The molecular formula is C10H10ClN3O3. The molecule has 0 aromatic heterocycles. The zero-order valence-corrected chi connectivity index (χ0v) is 9.77. The van der Waals surface area contributed by atoms with Crippen LogP contribution in [-0.4, -0.2) is 24.6 Å². The largest absolute Gasteiger partial charge is 0.484 e. The fourth-order valence-corrected chi connectivity index (χ4v) is 1.27. The molecule has 0 saturated carbocycles. The van der Waals surface area contributed by atoms with E-state index in [1.807, 2.05) is 6.07 Å². The summed E-state index contributed by atoms with van der Waals surface area (Å²) in [5.74, 6) is 0.0537. The highest BCUT2D eigenvalue weighted by Crippen LogP contribution is 2.29. The highest BCUT2D eigenvalue weighted by atomic mass is 35.5. The van der Waals surface area contributed by atoms with Gasteiger partial charge < -0.3 is 10.1 Å². The number of hydrogen-bond acceptors (Lipinski definition) is 5. The van der Waals surface area contributed by atoms with E-state index in [0.717, 1.165) is 0 Å². The highest BCUT2D eigenvalue weighted by Gasteiger charge is 2.16. The van der Waals surface area contributed by atoms with Gasteiger partial charge in [0.25, 0.3) is 0 Å². The van der Waals surface area contributed by atoms with Gasteiger partial charge in [-0.15, -0.1) is 0 Å². The van der Waals surface area contributed by atoms with Crippen LogP contribution in [0, 0.1) is 21.4 Å². The molecule has 17 heavy (non-hydrogen) atoms. The molecule has 0 amide bonds. The van der Waals surface area contributed by atoms with E-state index in [9.17, 15) is 10.1 Å². The van der Waals surface area contributed by atoms with Gasteiger partial charge in [-0.3, -0.25) is 10.1 Å². The summed E-state index contributed by atoms with van der Waals surface area (Å²) in [5.41, 5.74) is -0.179. The molecule has 1 rings (SSSR count). The number of benzene rings is 1. The smallest absolute Gasteiger partial charge is 0.311 e. The van der Waals surface area contributed by atoms with Crippen molar-refractivity contribution in [3.63, 3.8) is 0 Å². The van der Waals surface area contributed by atoms with Crippen molar-refractivity contribution in [1.29, 1.82) is 5.26 Å². The Bertz CT molecular complexity index is 459. The van der Waals surface area contributed by atoms with Gasteiger partial charge in [0.15, 0.2) is 5.75 Å². The first-order valence-electron chi connectivity index (χ1n) is 4.72. The number of nitrogens with one attached hydrogen (secondary N) is 1. The molecule has 0 bridgehead atoms. The van der Waals surface area contributed by atoms with Gasteiger partial charge in [-0.25, -0.2) is 0 Å². The predicted molar refractivity (Wildman–Crippen MR) is 62.1 cm³/mol. The Kier molecular flexibility index (Phi) is 4.69. The van der Waals surface area contributed by atoms with Crippen LogP contribution < -0.4 is 10.1 Å². The lowest BCUT2D eigenvalue weighted by molar-refractivity contribution is -0.385. The van der Waals surface area contributed by atoms with E-state index < -0.39 is 11.0 Å². The standard InChI is InChI=1S/C10H10ClN3O3/c1-13-8(5-12)6-17-10-4-7(11)2-3-9(10)14(15)16/h2-4,8,13H,6H2,1H3. The summed E-state index contributed by atoms with van der Waals surface area (Å²) in [5, 5.41) is 22.4. The Labute approximate surface area is 103 Å². The monoisotopic (exact) mass is 255 g/mol. The van der Waals surface area contributed by atoms with E-state index in [4.69, 9.17) is 21.6 Å². The number of halogens is 1. The van der Waals surface area contributed by atoms with Gasteiger partial charge in [-0.05, 0) is 13.1 Å². The quantitative estimate of drug-likeness (QED) is 0.639. The topological polar surface area (TPSA) is 88.2 Å². The van der Waals surface area contributed by atoms with Crippen LogP contribution in [0.5, 0.6) is 5.75 Å². The van der Waals surface area contributed by atoms with Gasteiger partial charge in [0.05, 0.1) is 11.0 Å². The van der Waals surface area contributed by atoms with E-state index in [1.54, 1.807) is 7.05 Å². The zero-order valence-electron chi connectivity index (χ0n) is 9.01. The van der Waals surface area contributed by atoms with Crippen molar-refractivity contribution < 1.29 is 9.66 Å². The van der Waals surface area contributed by atoms with Crippen molar-refractivity contribution in [1.82, 2.24) is 5.32 Å². The number of likely N-dealkylation sites (N-methyl/N-ethyl adjacent to an activating group) is 1. The summed E-state index contributed by atoms with van der Waals surface area (Å²) in [7, 11) is 1.60. The molecule has 6 nitrogen and oxygen atoms in total. The molecule has 0 radical (unpaired) electrons. The van der Waals surface area contributed by atoms with Crippen LogP contribution in [0.3, 0.4) is 0 Å². The SMILES string of the molecule is CNC(C#N)COc1cc(Cl)ccc1[N+](=O)[O-]. The van der Waals surface area contributed by atoms with Crippen molar-refractivity contribution >= 4 is 17.3 Å². The number of nitrogens with zero attached hydrogens (tertiary/aromatic N) is 2. The fourth-order valence-electron chi connectivity index (χ4n) is 1.11. The van der Waals surface area contributed by atoms with Gasteiger partial charge in [-0.2, -0.15) is 5.26 Å². The molecule has 0 fully saturated rings. The summed E-state index contributed by atoms with van der Waals surface area (Å²) < 4.78 is 5.21. The van der Waals surface area contributed by atoms with Crippen LogP contribution in [0.25, 0.3) is 0 Å². The fraction of sp³-hybridized carbons (Fsp3) is 0.300. The van der Waals surface area contributed by atoms with E-state index in [1.165, 1.54) is 18.2 Å². The average molecular weight is 256 g/mol. The molecule has 0 aliphatic carbocycles. The van der Waals surface area contributed by atoms with Crippen molar-refractivity contribution in [2.24, 2.45) is 0 Å². The van der Waals surface area contributed by atoms with E-state index in [0.29, 0.717) is 5.02 Å². The maximum atomic E-state index is 10.7. The van der Waals surface area contributed by atoms with Gasteiger partial charge in [0.2, 0.25) is 0 Å². The predicted octanol–water partition coefficient (Wildman–Crippen LogP) is 1.74. The summed E-state index contributed by atoms with van der Waals surface area (Å²) in [6, 6.07) is 5.44. The minimum Gasteiger partial charge on any atom is -0.484 e. The molecule has 0 saturated heterocycles. The van der Waals surface area contributed by atoms with E-state index in [-0.39, 0.29) is 18.0 Å². The molecule has 1 aromatic rings. The summed E-state index contributed by atoms with van der Waals surface area (Å²) in [6.45, 7) is 0.00812. The molecule has 0 aliphatic rings. The zero-order chi connectivity index (χ0) is 12.8. The second-order valence-corrected chi connectivity index (χ2v) is 3.59. The third kappa shape index (κ3) is 3.59. The van der Waals surface area contributed by atoms with Crippen LogP contribution in [0.2, 0.25) is 5.02 Å². The van der Waals surface area contributed by atoms with Crippen LogP contribution >= 0.6 is 11.6 Å². The van der Waals surface area contributed by atoms with Crippen molar-refractivity contribution in [2.45, 2.75) is 6.04 Å². The molecule has 0 aliphatic heterocycles. The highest BCUT2D eigenvalue weighted by molar-refractivity contribution is 6.30. The lowest BCUT2D eigenvalue weighted by Crippen LogP contribution is -2.30. The molecule has 7 heteroatoms. The Hall–Kier alpha value is -1.84. The first kappa shape index (κ1) is 13.2. The second-order valence-electron chi connectivity index (χ2n) is 3.15. The van der Waals surface area contributed by atoms with Gasteiger partial charge in [-0.1, -0.05) is 11.6 Å². The Morgan fingerprint density at radius 1 is 1.71 bits per heavy atom. The maximum absolute atomic E-state index is 10.7. The number of rotatable bonds is 5. The first-order chi connectivity index (χ1) is 8.08. The molecule has 90 valence electrons. The third-order valence-corrected chi connectivity index (χ3v) is 2.26. The molecular weight excluding hydrogens is 246 g/mol. The summed E-state index contributed by atoms with van der Waals surface area (Å²) in [4.78, 5) is 10.2. The van der Waals surface area contributed by atoms with Crippen molar-refractivity contribution in [3.05, 3.63) is 33.3 Å². The molecule has 1 unspecified atom stereocenters. The second kappa shape index (κ2) is 6.03. The van der Waals surface area contributed by atoms with Gasteiger partial charge in [0, 0.05) is 17.2 Å². The third-order valence-electron chi connectivity index (χ3n) is 2.03. The minimum atomic E-state index is -0.563. The molecule has 1 atom stereocenters. The van der Waals surface area contributed by atoms with Crippen LogP contribution in [0.1, 0.15) is 0 Å². The van der Waals surface area contributed by atoms with Crippen molar-refractivity contribution in [2.75, 3.05) is 13.7 Å². The van der Waals surface area contributed by atoms with E-state index >= 15 is 0 Å². The lowest BCUT2D eigenvalue weighted by Gasteiger charge is -2.10. The van der Waals surface area contributed by atoms with E-state index in [2.05, 4.69) is 5.32 Å². The Morgan fingerprint density at radius 3 is 2.94 bits per heavy atom. The Balaban J connectivity index is 2.86. The molecule has 1 aromatic carbocycles. The van der Waals surface area contributed by atoms with Crippen LogP contribution in [0.4, 0.5) is 5.69 Å². The number of nitro benzene ring substituents is 1. The number of nitro groups is 1. The summed E-state index contributed by atoms with van der Waals surface area (Å²) in [6.07, 6.45) is 0. The van der Waals surface area contributed by atoms with Gasteiger partial charge >= 0.3 is 5.69 Å². The number of hydrogen-bond donors (Lipinski definition) is 1. The maximum Gasteiger partial charge on any atom is 0.311 e. The number of ether oxygens (including phenoxy) is 1. The first-order valence-corrected chi connectivity index (χ1v) is 5.10. The van der Waals surface area contributed by atoms with Crippen molar-refractivity contribution in [3.8, 4) is 11.8 Å². The lowest BCUT2D eigenvalue weighted by atomic mass is 10.3. The van der Waals surface area contributed by atoms with Crippen LogP contribution in [-0.2, 0) is 0 Å². The normalized spacial score (nSPS) is 11.6. The van der Waals surface area contributed by atoms with Gasteiger partial charge in [0.1, 0.15) is 12.6 Å². The number of nitriles is 1. The minimum absolute atomic E-state index is 0.00812. The molecule has 0 spiro atoms. The summed E-state index contributed by atoms with van der Waals surface area (Å²) >= 11 is 5.72.